The third-order valence-corrected chi connectivity index (χ3v) is 3.11. The van der Waals surface area contributed by atoms with E-state index in [-0.39, 0.29) is 12.1 Å². The van der Waals surface area contributed by atoms with Crippen LogP contribution >= 0.6 is 0 Å². The van der Waals surface area contributed by atoms with Gasteiger partial charge >= 0.3 is 0 Å². The number of aromatic nitrogens is 2. The Morgan fingerprint density at radius 3 is 2.82 bits per heavy atom. The summed E-state index contributed by atoms with van der Waals surface area (Å²) in [5.41, 5.74) is 7.84. The van der Waals surface area contributed by atoms with Gasteiger partial charge in [-0.2, -0.15) is 0 Å². The van der Waals surface area contributed by atoms with Crippen LogP contribution in [0.5, 0.6) is 0 Å². The highest BCUT2D eigenvalue weighted by Crippen LogP contribution is 2.23. The van der Waals surface area contributed by atoms with Crippen LogP contribution in [0, 0.1) is 0 Å². The van der Waals surface area contributed by atoms with Crippen molar-refractivity contribution in [3.63, 3.8) is 0 Å². The van der Waals surface area contributed by atoms with Gasteiger partial charge in [-0.15, -0.1) is 0 Å². The lowest BCUT2D eigenvalue weighted by Crippen LogP contribution is -2.44. The zero-order valence-corrected chi connectivity index (χ0v) is 10.4. The molecule has 0 aliphatic carbocycles. The number of anilines is 2. The van der Waals surface area contributed by atoms with E-state index in [2.05, 4.69) is 9.97 Å². The summed E-state index contributed by atoms with van der Waals surface area (Å²) >= 11 is 0. The second kappa shape index (κ2) is 3.92. The van der Waals surface area contributed by atoms with Crippen molar-refractivity contribution in [1.29, 1.82) is 0 Å². The summed E-state index contributed by atoms with van der Waals surface area (Å²) < 4.78 is 0. The Morgan fingerprint density at radius 2 is 2.18 bits per heavy atom. The molecule has 0 bridgehead atoms. The van der Waals surface area contributed by atoms with Gasteiger partial charge in [0.25, 0.3) is 0 Å². The number of aromatic amines is 1. The number of imidazole rings is 1. The number of aliphatic hydroxyl groups is 1. The molecule has 0 radical (unpaired) electrons. The molecule has 2 aromatic rings. The first-order valence-electron chi connectivity index (χ1n) is 5.54. The molecule has 5 nitrogen and oxygen atoms in total. The van der Waals surface area contributed by atoms with Crippen LogP contribution in [0.25, 0.3) is 11.0 Å². The summed E-state index contributed by atoms with van der Waals surface area (Å²) in [7, 11) is 1.90. The number of nitrogens with one attached hydrogen (secondary N) is 1. The highest BCUT2D eigenvalue weighted by atomic mass is 16.3. The van der Waals surface area contributed by atoms with E-state index < -0.39 is 0 Å². The molecule has 0 unspecified atom stereocenters. The quantitative estimate of drug-likeness (QED) is 0.700. The van der Waals surface area contributed by atoms with Gasteiger partial charge in [0.15, 0.2) is 0 Å². The van der Waals surface area contributed by atoms with Crippen molar-refractivity contribution in [2.45, 2.75) is 19.4 Å². The van der Waals surface area contributed by atoms with Crippen molar-refractivity contribution >= 4 is 22.7 Å². The molecule has 0 amide bonds. The topological polar surface area (TPSA) is 78.2 Å². The molecule has 17 heavy (non-hydrogen) atoms. The Hall–Kier alpha value is -1.75. The van der Waals surface area contributed by atoms with Crippen molar-refractivity contribution in [2.75, 3.05) is 24.3 Å². The van der Waals surface area contributed by atoms with Gasteiger partial charge in [0.2, 0.25) is 5.95 Å². The molecule has 0 aliphatic rings. The molecule has 92 valence electrons. The summed E-state index contributed by atoms with van der Waals surface area (Å²) in [5, 5.41) is 9.34. The largest absolute Gasteiger partial charge is 0.399 e. The molecular weight excluding hydrogens is 216 g/mol. The minimum absolute atomic E-state index is 0.0582. The molecular formula is C12H18N4O. The van der Waals surface area contributed by atoms with Crippen LogP contribution in [0.15, 0.2) is 18.2 Å². The minimum Gasteiger partial charge on any atom is -0.399 e. The Bertz CT molecular complexity index is 532. The van der Waals surface area contributed by atoms with Crippen LogP contribution in [-0.4, -0.2) is 34.3 Å². The van der Waals surface area contributed by atoms with Crippen LogP contribution in [0.2, 0.25) is 0 Å². The number of fused-ring (bicyclic) bond motifs is 1. The van der Waals surface area contributed by atoms with Crippen molar-refractivity contribution < 1.29 is 5.11 Å². The van der Waals surface area contributed by atoms with E-state index in [0.717, 1.165) is 17.0 Å². The minimum atomic E-state index is -0.362. The average molecular weight is 234 g/mol. The molecule has 5 heteroatoms. The normalized spacial score (nSPS) is 12.0. The number of nitrogen functional groups attached to an aromatic ring is 1. The number of nitrogens with zero attached hydrogens (tertiary/aromatic N) is 2. The third-order valence-electron chi connectivity index (χ3n) is 3.11. The van der Waals surface area contributed by atoms with E-state index in [1.807, 2.05) is 44.0 Å². The predicted octanol–water partition coefficient (Wildman–Crippen LogP) is 1.35. The van der Waals surface area contributed by atoms with Gasteiger partial charge in [-0.3, -0.25) is 0 Å². The molecule has 0 atom stereocenters. The number of nitrogens with two attached hydrogens (primary N) is 1. The van der Waals surface area contributed by atoms with Crippen molar-refractivity contribution in [2.24, 2.45) is 0 Å². The van der Waals surface area contributed by atoms with Crippen LogP contribution < -0.4 is 10.6 Å². The number of likely N-dealkylation sites (N-methyl/N-ethyl adjacent to an activating group) is 1. The Labute approximate surface area is 100 Å². The first-order valence-corrected chi connectivity index (χ1v) is 5.54. The molecule has 2 rings (SSSR count). The number of hydrogen-bond acceptors (Lipinski definition) is 4. The molecule has 1 heterocycles. The summed E-state index contributed by atoms with van der Waals surface area (Å²) in [6.45, 7) is 3.96. The van der Waals surface area contributed by atoms with E-state index in [9.17, 15) is 5.11 Å². The van der Waals surface area contributed by atoms with Gasteiger partial charge in [-0.1, -0.05) is 0 Å². The highest BCUT2D eigenvalue weighted by Gasteiger charge is 2.24. The van der Waals surface area contributed by atoms with Gasteiger partial charge in [0.1, 0.15) is 0 Å². The van der Waals surface area contributed by atoms with Crippen molar-refractivity contribution in [3.05, 3.63) is 18.2 Å². The number of aliphatic hydroxyl groups excluding tert-OH is 1. The van der Waals surface area contributed by atoms with E-state index in [4.69, 9.17) is 5.73 Å². The monoisotopic (exact) mass is 234 g/mol. The third kappa shape index (κ3) is 2.06. The lowest BCUT2D eigenvalue weighted by molar-refractivity contribution is 0.215. The van der Waals surface area contributed by atoms with Crippen LogP contribution in [-0.2, 0) is 0 Å². The second-order valence-corrected chi connectivity index (χ2v) is 4.87. The maximum Gasteiger partial charge on any atom is 0.204 e. The first kappa shape index (κ1) is 11.7. The molecule has 0 saturated carbocycles. The maximum absolute atomic E-state index is 9.34. The lowest BCUT2D eigenvalue weighted by Gasteiger charge is -2.33. The van der Waals surface area contributed by atoms with Crippen LogP contribution in [0.1, 0.15) is 13.8 Å². The highest BCUT2D eigenvalue weighted by molar-refractivity contribution is 5.80. The van der Waals surface area contributed by atoms with Crippen molar-refractivity contribution in [3.8, 4) is 0 Å². The first-order chi connectivity index (χ1) is 7.94. The molecule has 4 N–H and O–H groups in total. The number of benzene rings is 1. The lowest BCUT2D eigenvalue weighted by atomic mass is 10.1. The summed E-state index contributed by atoms with van der Waals surface area (Å²) in [4.78, 5) is 9.59. The van der Waals surface area contributed by atoms with E-state index in [1.54, 1.807) is 0 Å². The predicted molar refractivity (Wildman–Crippen MR) is 70.1 cm³/mol. The number of hydrogen-bond donors (Lipinski definition) is 3. The Balaban J connectivity index is 2.43. The number of rotatable bonds is 3. The smallest absolute Gasteiger partial charge is 0.204 e. The molecule has 1 aromatic carbocycles. The van der Waals surface area contributed by atoms with Crippen LogP contribution in [0.4, 0.5) is 11.6 Å². The second-order valence-electron chi connectivity index (χ2n) is 4.87. The van der Waals surface area contributed by atoms with Gasteiger partial charge in [0.05, 0.1) is 23.2 Å². The molecule has 0 saturated heterocycles. The maximum atomic E-state index is 9.34. The van der Waals surface area contributed by atoms with Crippen molar-refractivity contribution in [1.82, 2.24) is 9.97 Å². The Kier molecular flexibility index (Phi) is 2.71. The van der Waals surface area contributed by atoms with E-state index in [0.29, 0.717) is 5.69 Å². The fourth-order valence-electron chi connectivity index (χ4n) is 1.57. The number of H-pyrrole nitrogens is 1. The fraction of sp³-hybridized carbons (Fsp3) is 0.417. The molecule has 0 spiro atoms. The zero-order valence-electron chi connectivity index (χ0n) is 10.4. The van der Waals surface area contributed by atoms with E-state index >= 15 is 0 Å². The van der Waals surface area contributed by atoms with Gasteiger partial charge in [0, 0.05) is 12.7 Å². The molecule has 0 aliphatic heterocycles. The summed E-state index contributed by atoms with van der Waals surface area (Å²) in [5.74, 6) is 0.727. The summed E-state index contributed by atoms with van der Waals surface area (Å²) in [6, 6.07) is 5.56. The van der Waals surface area contributed by atoms with E-state index in [1.165, 1.54) is 0 Å². The standard InChI is InChI=1S/C12H18N4O/c1-12(2,7-17)16(3)11-14-9-5-4-8(13)6-10(9)15-11/h4-6,17H,7,13H2,1-3H3,(H,14,15). The van der Waals surface area contributed by atoms with Crippen LogP contribution in [0.3, 0.4) is 0 Å². The average Bonchev–Trinajstić information content (AvgIpc) is 2.70. The SMILES string of the molecule is CN(c1nc2ccc(N)cc2[nH]1)C(C)(C)CO. The molecule has 0 fully saturated rings. The Morgan fingerprint density at radius 1 is 1.47 bits per heavy atom. The van der Waals surface area contributed by atoms with Gasteiger partial charge in [-0.05, 0) is 32.0 Å². The molecule has 1 aromatic heterocycles. The van der Waals surface area contributed by atoms with Gasteiger partial charge in [-0.25, -0.2) is 4.98 Å². The fourth-order valence-corrected chi connectivity index (χ4v) is 1.57. The summed E-state index contributed by atoms with van der Waals surface area (Å²) in [6.07, 6.45) is 0. The zero-order chi connectivity index (χ0) is 12.6. The van der Waals surface area contributed by atoms with Gasteiger partial charge < -0.3 is 20.7 Å².